The van der Waals surface area contributed by atoms with E-state index in [1.54, 1.807) is 7.11 Å². The van der Waals surface area contributed by atoms with Gasteiger partial charge in [-0.05, 0) is 24.6 Å². The zero-order valence-electron chi connectivity index (χ0n) is 16.8. The minimum atomic E-state index is 0.0236. The van der Waals surface area contributed by atoms with Crippen LogP contribution in [0.1, 0.15) is 22.8 Å². The maximum absolute atomic E-state index is 13.4. The molecule has 1 aliphatic heterocycles. The highest BCUT2D eigenvalue weighted by molar-refractivity contribution is 6.00. The highest BCUT2D eigenvalue weighted by Crippen LogP contribution is 2.27. The summed E-state index contributed by atoms with van der Waals surface area (Å²) in [6.07, 6.45) is 1.87. The van der Waals surface area contributed by atoms with Crippen LogP contribution in [0.5, 0.6) is 5.75 Å². The van der Waals surface area contributed by atoms with Crippen LogP contribution in [-0.2, 0) is 6.54 Å². The molecular formula is C23H26N4O2. The van der Waals surface area contributed by atoms with Gasteiger partial charge in [0.05, 0.1) is 19.2 Å². The molecule has 0 saturated carbocycles. The summed E-state index contributed by atoms with van der Waals surface area (Å²) in [6.45, 7) is 4.91. The molecule has 1 unspecified atom stereocenters. The standard InChI is InChI=1S/C23H26N4O2/c1-17-14-26(12-11-24-17)23(28)21-16-27(15-18-7-4-3-5-8-18)25-22(21)19-9-6-10-20(13-19)29-2/h3-10,13,16-17,24H,11-12,14-15H2,1-2H3. The number of ether oxygens (including phenoxy) is 1. The molecule has 1 N–H and O–H groups in total. The monoisotopic (exact) mass is 390 g/mol. The molecule has 1 fully saturated rings. The van der Waals surface area contributed by atoms with E-state index in [0.29, 0.717) is 30.9 Å². The van der Waals surface area contributed by atoms with Gasteiger partial charge in [-0.2, -0.15) is 5.10 Å². The van der Waals surface area contributed by atoms with Crippen molar-refractivity contribution in [1.82, 2.24) is 20.0 Å². The second kappa shape index (κ2) is 8.49. The molecule has 6 heteroatoms. The lowest BCUT2D eigenvalue weighted by atomic mass is 10.1. The summed E-state index contributed by atoms with van der Waals surface area (Å²) < 4.78 is 7.22. The van der Waals surface area contributed by atoms with Gasteiger partial charge in [0.15, 0.2) is 0 Å². The number of piperazine rings is 1. The Bertz CT molecular complexity index is 984. The van der Waals surface area contributed by atoms with E-state index in [1.807, 2.05) is 58.2 Å². The number of nitrogens with one attached hydrogen (secondary N) is 1. The van der Waals surface area contributed by atoms with Crippen molar-refractivity contribution < 1.29 is 9.53 Å². The van der Waals surface area contributed by atoms with Gasteiger partial charge in [-0.3, -0.25) is 9.48 Å². The SMILES string of the molecule is COc1cccc(-c2nn(Cc3ccccc3)cc2C(=O)N2CCNC(C)C2)c1. The summed E-state index contributed by atoms with van der Waals surface area (Å²) in [4.78, 5) is 15.3. The van der Waals surface area contributed by atoms with E-state index in [9.17, 15) is 4.79 Å². The van der Waals surface area contributed by atoms with Crippen LogP contribution in [0.2, 0.25) is 0 Å². The highest BCUT2D eigenvalue weighted by Gasteiger charge is 2.26. The minimum absolute atomic E-state index is 0.0236. The van der Waals surface area contributed by atoms with Crippen LogP contribution >= 0.6 is 0 Å². The number of benzene rings is 2. The molecule has 150 valence electrons. The maximum atomic E-state index is 13.4. The van der Waals surface area contributed by atoms with Crippen LogP contribution in [0.15, 0.2) is 60.8 Å². The third-order valence-corrected chi connectivity index (χ3v) is 5.18. The molecule has 29 heavy (non-hydrogen) atoms. The lowest BCUT2D eigenvalue weighted by Gasteiger charge is -2.31. The van der Waals surface area contributed by atoms with Crippen molar-refractivity contribution >= 4 is 5.91 Å². The number of aromatic nitrogens is 2. The van der Waals surface area contributed by atoms with Crippen molar-refractivity contribution in [3.63, 3.8) is 0 Å². The Hall–Kier alpha value is -3.12. The van der Waals surface area contributed by atoms with Crippen molar-refractivity contribution in [2.24, 2.45) is 0 Å². The number of carbonyl (C=O) groups excluding carboxylic acids is 1. The van der Waals surface area contributed by atoms with Gasteiger partial charge in [-0.15, -0.1) is 0 Å². The lowest BCUT2D eigenvalue weighted by molar-refractivity contribution is 0.0709. The molecule has 3 aromatic rings. The Morgan fingerprint density at radius 1 is 1.21 bits per heavy atom. The molecule has 1 aliphatic rings. The molecule has 0 aliphatic carbocycles. The first kappa shape index (κ1) is 19.2. The van der Waals surface area contributed by atoms with Crippen LogP contribution in [0.3, 0.4) is 0 Å². The van der Waals surface area contributed by atoms with Gasteiger partial charge in [0.1, 0.15) is 11.4 Å². The molecule has 0 radical (unpaired) electrons. The van der Waals surface area contributed by atoms with E-state index in [4.69, 9.17) is 9.84 Å². The van der Waals surface area contributed by atoms with Gasteiger partial charge >= 0.3 is 0 Å². The van der Waals surface area contributed by atoms with E-state index >= 15 is 0 Å². The van der Waals surface area contributed by atoms with Gasteiger partial charge in [-0.25, -0.2) is 0 Å². The fraction of sp³-hybridized carbons (Fsp3) is 0.304. The van der Waals surface area contributed by atoms with Gasteiger partial charge < -0.3 is 15.0 Å². The predicted molar refractivity (Wildman–Crippen MR) is 113 cm³/mol. The Morgan fingerprint density at radius 3 is 2.79 bits per heavy atom. The largest absolute Gasteiger partial charge is 0.497 e. The highest BCUT2D eigenvalue weighted by atomic mass is 16.5. The average Bonchev–Trinajstić information content (AvgIpc) is 3.17. The van der Waals surface area contributed by atoms with Gasteiger partial charge in [0.25, 0.3) is 5.91 Å². The zero-order valence-corrected chi connectivity index (χ0v) is 16.8. The van der Waals surface area contributed by atoms with Crippen LogP contribution in [0.25, 0.3) is 11.3 Å². The summed E-state index contributed by atoms with van der Waals surface area (Å²) in [6, 6.07) is 18.1. The normalized spacial score (nSPS) is 16.6. The number of methoxy groups -OCH3 is 1. The van der Waals surface area contributed by atoms with E-state index < -0.39 is 0 Å². The topological polar surface area (TPSA) is 59.4 Å². The predicted octanol–water partition coefficient (Wildman–Crippen LogP) is 3.04. The molecule has 2 aromatic carbocycles. The number of amides is 1. The summed E-state index contributed by atoms with van der Waals surface area (Å²) in [7, 11) is 1.64. The second-order valence-corrected chi connectivity index (χ2v) is 7.41. The van der Waals surface area contributed by atoms with Crippen molar-refractivity contribution in [2.45, 2.75) is 19.5 Å². The fourth-order valence-corrected chi connectivity index (χ4v) is 3.70. The van der Waals surface area contributed by atoms with Crippen LogP contribution < -0.4 is 10.1 Å². The van der Waals surface area contributed by atoms with E-state index in [2.05, 4.69) is 24.4 Å². The number of hydrogen-bond donors (Lipinski definition) is 1. The van der Waals surface area contributed by atoms with Crippen molar-refractivity contribution in [3.8, 4) is 17.0 Å². The van der Waals surface area contributed by atoms with Gasteiger partial charge in [0.2, 0.25) is 0 Å². The third kappa shape index (κ3) is 4.32. The molecule has 6 nitrogen and oxygen atoms in total. The third-order valence-electron chi connectivity index (χ3n) is 5.18. The zero-order chi connectivity index (χ0) is 20.2. The molecule has 1 amide bonds. The molecule has 0 bridgehead atoms. The van der Waals surface area contributed by atoms with Crippen LogP contribution in [0.4, 0.5) is 0 Å². The minimum Gasteiger partial charge on any atom is -0.497 e. The summed E-state index contributed by atoms with van der Waals surface area (Å²) in [5.41, 5.74) is 3.34. The Balaban J connectivity index is 1.71. The molecule has 4 rings (SSSR count). The average molecular weight is 390 g/mol. The van der Waals surface area contributed by atoms with Gasteiger partial charge in [0, 0.05) is 37.4 Å². The Labute approximate surface area is 171 Å². The first-order valence-corrected chi connectivity index (χ1v) is 9.92. The number of carbonyl (C=O) groups is 1. The van der Waals surface area contributed by atoms with Gasteiger partial charge in [-0.1, -0.05) is 42.5 Å². The van der Waals surface area contributed by atoms with E-state index in [1.165, 1.54) is 0 Å². The number of nitrogens with zero attached hydrogens (tertiary/aromatic N) is 3. The summed E-state index contributed by atoms with van der Waals surface area (Å²) in [5, 5.41) is 8.17. The maximum Gasteiger partial charge on any atom is 0.257 e. The Morgan fingerprint density at radius 2 is 2.03 bits per heavy atom. The van der Waals surface area contributed by atoms with Crippen molar-refractivity contribution in [1.29, 1.82) is 0 Å². The summed E-state index contributed by atoms with van der Waals surface area (Å²) >= 11 is 0. The molecular weight excluding hydrogens is 364 g/mol. The summed E-state index contributed by atoms with van der Waals surface area (Å²) in [5.74, 6) is 0.768. The van der Waals surface area contributed by atoms with Crippen LogP contribution in [0, 0.1) is 0 Å². The van der Waals surface area contributed by atoms with Crippen molar-refractivity contribution in [2.75, 3.05) is 26.7 Å². The quantitative estimate of drug-likeness (QED) is 0.728. The smallest absolute Gasteiger partial charge is 0.257 e. The lowest BCUT2D eigenvalue weighted by Crippen LogP contribution is -2.51. The molecule has 1 saturated heterocycles. The second-order valence-electron chi connectivity index (χ2n) is 7.41. The fourth-order valence-electron chi connectivity index (χ4n) is 3.70. The molecule has 1 atom stereocenters. The van der Waals surface area contributed by atoms with E-state index in [-0.39, 0.29) is 11.9 Å². The number of rotatable bonds is 5. The van der Waals surface area contributed by atoms with Crippen LogP contribution in [-0.4, -0.2) is 53.4 Å². The molecule has 2 heterocycles. The molecule has 0 spiro atoms. The first-order valence-electron chi connectivity index (χ1n) is 9.92. The Kier molecular flexibility index (Phi) is 5.62. The first-order chi connectivity index (χ1) is 14.1. The van der Waals surface area contributed by atoms with E-state index in [0.717, 1.165) is 23.4 Å². The van der Waals surface area contributed by atoms with Crippen molar-refractivity contribution in [3.05, 3.63) is 71.9 Å². The molecule has 1 aromatic heterocycles. The number of hydrogen-bond acceptors (Lipinski definition) is 4.